The summed E-state index contributed by atoms with van der Waals surface area (Å²) in [7, 11) is 0. The van der Waals surface area contributed by atoms with Gasteiger partial charge in [-0.1, -0.05) is 42.5 Å². The van der Waals surface area contributed by atoms with Gasteiger partial charge in [-0.15, -0.1) is 0 Å². The number of rotatable bonds is 6. The monoisotopic (exact) mass is 369 g/mol. The summed E-state index contributed by atoms with van der Waals surface area (Å²) in [4.78, 5) is 25.4. The minimum absolute atomic E-state index is 0.0500. The molecule has 3 rings (SSSR count). The third-order valence-corrected chi connectivity index (χ3v) is 4.69. The van der Waals surface area contributed by atoms with Crippen LogP contribution in [0.25, 0.3) is 0 Å². The molecule has 6 heteroatoms. The van der Waals surface area contributed by atoms with Crippen LogP contribution in [0.5, 0.6) is 5.75 Å². The summed E-state index contributed by atoms with van der Waals surface area (Å²) >= 11 is 0. The van der Waals surface area contributed by atoms with Crippen molar-refractivity contribution in [3.05, 3.63) is 65.7 Å². The van der Waals surface area contributed by atoms with Gasteiger partial charge in [0, 0.05) is 12.5 Å². The maximum atomic E-state index is 12.5. The van der Waals surface area contributed by atoms with E-state index in [4.69, 9.17) is 9.47 Å². The maximum Gasteiger partial charge on any atom is 0.410 e. The minimum atomic E-state index is -1.01. The first-order chi connectivity index (χ1) is 13.1. The zero-order chi connectivity index (χ0) is 19.2. The topological polar surface area (TPSA) is 76.1 Å². The van der Waals surface area contributed by atoms with Crippen LogP contribution in [-0.4, -0.2) is 41.3 Å². The van der Waals surface area contributed by atoms with E-state index in [1.807, 2.05) is 61.5 Å². The molecule has 1 aliphatic heterocycles. The van der Waals surface area contributed by atoms with Crippen LogP contribution in [-0.2, 0) is 16.1 Å². The van der Waals surface area contributed by atoms with Gasteiger partial charge in [0.2, 0.25) is 0 Å². The fourth-order valence-corrected chi connectivity index (χ4v) is 3.32. The van der Waals surface area contributed by atoms with Crippen LogP contribution >= 0.6 is 0 Å². The van der Waals surface area contributed by atoms with Crippen molar-refractivity contribution in [1.82, 2.24) is 4.90 Å². The zero-order valence-corrected chi connectivity index (χ0v) is 15.2. The number of benzene rings is 2. The van der Waals surface area contributed by atoms with Crippen LogP contribution < -0.4 is 4.74 Å². The van der Waals surface area contributed by atoms with Crippen molar-refractivity contribution in [2.24, 2.45) is 0 Å². The number of carboxylic acid groups (broad SMARTS) is 1. The zero-order valence-electron chi connectivity index (χ0n) is 15.2. The molecule has 1 saturated heterocycles. The molecule has 0 bridgehead atoms. The summed E-state index contributed by atoms with van der Waals surface area (Å²) in [6, 6.07) is 16.0. The number of nitrogens with zero attached hydrogens (tertiary/aromatic N) is 1. The van der Waals surface area contributed by atoms with E-state index in [0.29, 0.717) is 19.6 Å². The van der Waals surface area contributed by atoms with Gasteiger partial charge >= 0.3 is 12.1 Å². The second-order valence-corrected chi connectivity index (χ2v) is 6.48. The SMILES string of the molecule is CCOc1ccc([C@@H]2C[C@@H](C(=O)O)N(C(=O)OCc3ccccc3)C2)cc1. The van der Waals surface area contributed by atoms with E-state index in [2.05, 4.69) is 0 Å². The van der Waals surface area contributed by atoms with Crippen molar-refractivity contribution in [3.63, 3.8) is 0 Å². The van der Waals surface area contributed by atoms with E-state index in [1.54, 1.807) is 0 Å². The molecule has 0 saturated carbocycles. The van der Waals surface area contributed by atoms with Gasteiger partial charge in [0.05, 0.1) is 6.61 Å². The number of carbonyl (C=O) groups excluding carboxylic acids is 1. The lowest BCUT2D eigenvalue weighted by molar-refractivity contribution is -0.141. The summed E-state index contributed by atoms with van der Waals surface area (Å²) in [6.45, 7) is 2.95. The Labute approximate surface area is 158 Å². The van der Waals surface area contributed by atoms with Crippen LogP contribution in [0.4, 0.5) is 4.79 Å². The lowest BCUT2D eigenvalue weighted by Gasteiger charge is -2.21. The number of carboxylic acids is 1. The summed E-state index contributed by atoms with van der Waals surface area (Å²) in [5, 5.41) is 9.53. The Bertz CT molecular complexity index is 775. The first-order valence-electron chi connectivity index (χ1n) is 9.01. The standard InChI is InChI=1S/C21H23NO5/c1-2-26-18-10-8-16(9-11-18)17-12-19(20(23)24)22(13-17)21(25)27-14-15-6-4-3-5-7-15/h3-11,17,19H,2,12-14H2,1H3,(H,23,24)/t17-,19+/m1/s1. The molecule has 0 aliphatic carbocycles. The molecule has 2 aromatic carbocycles. The van der Waals surface area contributed by atoms with Crippen molar-refractivity contribution in [3.8, 4) is 5.75 Å². The summed E-state index contributed by atoms with van der Waals surface area (Å²) in [6.07, 6.45) is -0.233. The molecule has 0 spiro atoms. The molecular weight excluding hydrogens is 346 g/mol. The molecule has 0 aromatic heterocycles. The quantitative estimate of drug-likeness (QED) is 0.841. The molecule has 27 heavy (non-hydrogen) atoms. The van der Waals surface area contributed by atoms with Gasteiger partial charge in [-0.2, -0.15) is 0 Å². The van der Waals surface area contributed by atoms with E-state index in [-0.39, 0.29) is 12.5 Å². The lowest BCUT2D eigenvalue weighted by atomic mass is 9.96. The van der Waals surface area contributed by atoms with Crippen LogP contribution in [0.15, 0.2) is 54.6 Å². The van der Waals surface area contributed by atoms with E-state index in [1.165, 1.54) is 4.90 Å². The Morgan fingerprint density at radius 3 is 2.44 bits per heavy atom. The van der Waals surface area contributed by atoms with Gasteiger partial charge in [0.1, 0.15) is 18.4 Å². The van der Waals surface area contributed by atoms with Crippen molar-refractivity contribution in [2.75, 3.05) is 13.2 Å². The van der Waals surface area contributed by atoms with Crippen LogP contribution in [0.1, 0.15) is 30.4 Å². The molecule has 0 unspecified atom stereocenters. The highest BCUT2D eigenvalue weighted by molar-refractivity contribution is 5.81. The molecule has 6 nitrogen and oxygen atoms in total. The van der Waals surface area contributed by atoms with E-state index >= 15 is 0 Å². The minimum Gasteiger partial charge on any atom is -0.494 e. The van der Waals surface area contributed by atoms with Gasteiger partial charge < -0.3 is 14.6 Å². The van der Waals surface area contributed by atoms with E-state index in [0.717, 1.165) is 16.9 Å². The van der Waals surface area contributed by atoms with Crippen LogP contribution in [0.2, 0.25) is 0 Å². The average molecular weight is 369 g/mol. The van der Waals surface area contributed by atoms with Crippen molar-refractivity contribution >= 4 is 12.1 Å². The summed E-state index contributed by atoms with van der Waals surface area (Å²) in [5.41, 5.74) is 1.85. The Hall–Kier alpha value is -3.02. The van der Waals surface area contributed by atoms with Crippen molar-refractivity contribution in [1.29, 1.82) is 0 Å². The predicted octanol–water partition coefficient (Wildman–Crippen LogP) is 3.66. The second kappa shape index (κ2) is 8.58. The van der Waals surface area contributed by atoms with Crippen molar-refractivity contribution in [2.45, 2.75) is 31.9 Å². The first kappa shape index (κ1) is 18.8. The fraction of sp³-hybridized carbons (Fsp3) is 0.333. The Morgan fingerprint density at radius 1 is 1.11 bits per heavy atom. The molecule has 1 aliphatic rings. The highest BCUT2D eigenvalue weighted by atomic mass is 16.6. The molecule has 2 atom stereocenters. The molecule has 1 fully saturated rings. The molecule has 2 aromatic rings. The number of hydrogen-bond acceptors (Lipinski definition) is 4. The largest absolute Gasteiger partial charge is 0.494 e. The van der Waals surface area contributed by atoms with Gasteiger partial charge in [-0.3, -0.25) is 4.90 Å². The molecule has 1 N–H and O–H groups in total. The van der Waals surface area contributed by atoms with Gasteiger partial charge in [-0.25, -0.2) is 9.59 Å². The molecular formula is C21H23NO5. The van der Waals surface area contributed by atoms with Crippen molar-refractivity contribution < 1.29 is 24.2 Å². The Morgan fingerprint density at radius 2 is 1.81 bits per heavy atom. The predicted molar refractivity (Wildman–Crippen MR) is 99.7 cm³/mol. The summed E-state index contributed by atoms with van der Waals surface area (Å²) < 4.78 is 10.8. The number of hydrogen-bond donors (Lipinski definition) is 1. The third kappa shape index (κ3) is 4.58. The molecule has 1 amide bonds. The first-order valence-corrected chi connectivity index (χ1v) is 9.01. The fourth-order valence-electron chi connectivity index (χ4n) is 3.32. The van der Waals surface area contributed by atoms with Gasteiger partial charge in [0.15, 0.2) is 0 Å². The normalized spacial score (nSPS) is 18.9. The molecule has 142 valence electrons. The number of ether oxygens (including phenoxy) is 2. The van der Waals surface area contributed by atoms with E-state index < -0.39 is 18.1 Å². The smallest absolute Gasteiger partial charge is 0.410 e. The highest BCUT2D eigenvalue weighted by Gasteiger charge is 2.41. The van der Waals surface area contributed by atoms with Gasteiger partial charge in [-0.05, 0) is 36.6 Å². The van der Waals surface area contributed by atoms with E-state index in [9.17, 15) is 14.7 Å². The number of amides is 1. The second-order valence-electron chi connectivity index (χ2n) is 6.48. The number of likely N-dealkylation sites (tertiary alicyclic amines) is 1. The molecule has 1 heterocycles. The number of carbonyl (C=O) groups is 2. The Kier molecular flexibility index (Phi) is 5.96. The molecule has 0 radical (unpaired) electrons. The number of aliphatic carboxylic acids is 1. The maximum absolute atomic E-state index is 12.5. The average Bonchev–Trinajstić information content (AvgIpc) is 3.14. The Balaban J connectivity index is 1.67. The highest BCUT2D eigenvalue weighted by Crippen LogP contribution is 2.33. The van der Waals surface area contributed by atoms with Gasteiger partial charge in [0.25, 0.3) is 0 Å². The van der Waals surface area contributed by atoms with Crippen LogP contribution in [0, 0.1) is 0 Å². The third-order valence-electron chi connectivity index (χ3n) is 4.69. The van der Waals surface area contributed by atoms with Crippen LogP contribution in [0.3, 0.4) is 0 Å². The summed E-state index contributed by atoms with van der Waals surface area (Å²) in [5.74, 6) is -0.292. The lowest BCUT2D eigenvalue weighted by Crippen LogP contribution is -2.40.